The van der Waals surface area contributed by atoms with Crippen LogP contribution in [-0.2, 0) is 0 Å². The zero-order valence-electron chi connectivity index (χ0n) is 12.7. The third-order valence-electron chi connectivity index (χ3n) is 3.92. The Labute approximate surface area is 170 Å². The average Bonchev–Trinajstić information content (AvgIpc) is 2.57. The predicted molar refractivity (Wildman–Crippen MR) is 108 cm³/mol. The van der Waals surface area contributed by atoms with Crippen molar-refractivity contribution >= 4 is 47.8 Å². The number of halogens is 3. The minimum Gasteiger partial charge on any atom is -0.507 e. The van der Waals surface area contributed by atoms with Crippen molar-refractivity contribution in [2.75, 3.05) is 0 Å². The van der Waals surface area contributed by atoms with Gasteiger partial charge in [0.05, 0.1) is 13.4 Å². The molecule has 0 saturated heterocycles. The molecule has 0 aliphatic rings. The second-order valence-electron chi connectivity index (χ2n) is 5.57. The molecule has 0 atom stereocenters. The standard InChI is InChI=1S/C19H13Br3O3/c20-13-7-10(1-4-16(13)23)19(11-2-5-17(24)14(21)8-11)12-3-6-18(25)15(22)9-12/h1-9,19,23-25H. The van der Waals surface area contributed by atoms with E-state index >= 15 is 0 Å². The van der Waals surface area contributed by atoms with Gasteiger partial charge in [-0.1, -0.05) is 18.2 Å². The Bertz CT molecular complexity index is 819. The molecule has 3 rings (SSSR count). The Hall–Kier alpha value is -1.50. The molecule has 3 N–H and O–H groups in total. The highest BCUT2D eigenvalue weighted by atomic mass is 79.9. The van der Waals surface area contributed by atoms with Crippen LogP contribution in [0, 0.1) is 0 Å². The summed E-state index contributed by atoms with van der Waals surface area (Å²) in [4.78, 5) is 0. The van der Waals surface area contributed by atoms with Gasteiger partial charge in [-0.25, -0.2) is 0 Å². The predicted octanol–water partition coefficient (Wildman–Crippen LogP) is 6.27. The molecule has 0 amide bonds. The summed E-state index contributed by atoms with van der Waals surface area (Å²) in [5.74, 6) is 0.356. The number of aromatic hydroxyl groups is 3. The van der Waals surface area contributed by atoms with E-state index < -0.39 is 0 Å². The average molecular weight is 529 g/mol. The van der Waals surface area contributed by atoms with E-state index in [1.165, 1.54) is 0 Å². The Morgan fingerprint density at radius 2 is 0.800 bits per heavy atom. The summed E-state index contributed by atoms with van der Waals surface area (Å²) in [5, 5.41) is 29.4. The van der Waals surface area contributed by atoms with Gasteiger partial charge < -0.3 is 15.3 Å². The van der Waals surface area contributed by atoms with Crippen molar-refractivity contribution in [3.8, 4) is 17.2 Å². The van der Waals surface area contributed by atoms with Gasteiger partial charge >= 0.3 is 0 Å². The monoisotopic (exact) mass is 526 g/mol. The summed E-state index contributed by atoms with van der Waals surface area (Å²) in [7, 11) is 0. The third-order valence-corrected chi connectivity index (χ3v) is 5.82. The molecule has 0 aliphatic carbocycles. The van der Waals surface area contributed by atoms with E-state index in [4.69, 9.17) is 0 Å². The minimum absolute atomic E-state index is 0.148. The molecule has 0 fully saturated rings. The third kappa shape index (κ3) is 3.86. The molecule has 0 aliphatic heterocycles. The van der Waals surface area contributed by atoms with Crippen molar-refractivity contribution < 1.29 is 15.3 Å². The van der Waals surface area contributed by atoms with Crippen LogP contribution in [0.3, 0.4) is 0 Å². The van der Waals surface area contributed by atoms with Gasteiger partial charge in [0, 0.05) is 5.92 Å². The summed E-state index contributed by atoms with van der Waals surface area (Å²) >= 11 is 10.1. The fourth-order valence-electron chi connectivity index (χ4n) is 2.69. The number of hydrogen-bond donors (Lipinski definition) is 3. The number of phenolic OH excluding ortho intramolecular Hbond substituents is 3. The van der Waals surface area contributed by atoms with E-state index in [1.54, 1.807) is 18.2 Å². The van der Waals surface area contributed by atoms with Gasteiger partial charge in [0.25, 0.3) is 0 Å². The van der Waals surface area contributed by atoms with E-state index in [0.717, 1.165) is 16.7 Å². The summed E-state index contributed by atoms with van der Waals surface area (Å²) in [6, 6.07) is 16.1. The van der Waals surface area contributed by atoms with Crippen LogP contribution in [0.5, 0.6) is 17.2 Å². The SMILES string of the molecule is Oc1ccc(C(c2ccc(O)c(Br)c2)c2ccc(O)c(Br)c2)cc1Br. The molecule has 0 aromatic heterocycles. The van der Waals surface area contributed by atoms with Gasteiger partial charge in [-0.05, 0) is 101 Å². The van der Waals surface area contributed by atoms with Gasteiger partial charge in [-0.3, -0.25) is 0 Å². The van der Waals surface area contributed by atoms with Gasteiger partial charge in [0.1, 0.15) is 17.2 Å². The van der Waals surface area contributed by atoms with Gasteiger partial charge in [-0.2, -0.15) is 0 Å². The first-order valence-electron chi connectivity index (χ1n) is 7.32. The van der Waals surface area contributed by atoms with Gasteiger partial charge in [0.15, 0.2) is 0 Å². The van der Waals surface area contributed by atoms with E-state index in [9.17, 15) is 15.3 Å². The van der Waals surface area contributed by atoms with Crippen LogP contribution in [0.15, 0.2) is 68.0 Å². The van der Waals surface area contributed by atoms with E-state index in [0.29, 0.717) is 13.4 Å². The molecule has 128 valence electrons. The van der Waals surface area contributed by atoms with Gasteiger partial charge in [0.2, 0.25) is 0 Å². The van der Waals surface area contributed by atoms with E-state index in [1.807, 2.05) is 36.4 Å². The molecule has 0 radical (unpaired) electrons. The lowest BCUT2D eigenvalue weighted by Gasteiger charge is -2.20. The fourth-order valence-corrected chi connectivity index (χ4v) is 3.87. The maximum absolute atomic E-state index is 9.80. The highest BCUT2D eigenvalue weighted by Crippen LogP contribution is 2.39. The molecule has 0 bridgehead atoms. The minimum atomic E-state index is -0.148. The first-order chi connectivity index (χ1) is 11.9. The second kappa shape index (κ2) is 7.40. The molecule has 6 heteroatoms. The van der Waals surface area contributed by atoms with Crippen molar-refractivity contribution in [2.24, 2.45) is 0 Å². The molecule has 0 heterocycles. The van der Waals surface area contributed by atoms with Crippen molar-refractivity contribution in [3.63, 3.8) is 0 Å². The van der Waals surface area contributed by atoms with E-state index in [-0.39, 0.29) is 23.2 Å². The summed E-state index contributed by atoms with van der Waals surface area (Å²) in [5.41, 5.74) is 2.87. The maximum Gasteiger partial charge on any atom is 0.129 e. The zero-order valence-corrected chi connectivity index (χ0v) is 17.5. The highest BCUT2D eigenvalue weighted by Gasteiger charge is 2.20. The van der Waals surface area contributed by atoms with Crippen LogP contribution in [0.1, 0.15) is 22.6 Å². The Morgan fingerprint density at radius 3 is 1.04 bits per heavy atom. The first-order valence-corrected chi connectivity index (χ1v) is 9.70. The number of hydrogen-bond acceptors (Lipinski definition) is 3. The lowest BCUT2D eigenvalue weighted by molar-refractivity contribution is 0.471. The smallest absolute Gasteiger partial charge is 0.129 e. The quantitative estimate of drug-likeness (QED) is 0.351. The van der Waals surface area contributed by atoms with Crippen LogP contribution in [0.4, 0.5) is 0 Å². The topological polar surface area (TPSA) is 60.7 Å². The van der Waals surface area contributed by atoms with Crippen LogP contribution >= 0.6 is 47.8 Å². The van der Waals surface area contributed by atoms with Crippen LogP contribution < -0.4 is 0 Å². The summed E-state index contributed by atoms with van der Waals surface area (Å²) < 4.78 is 1.81. The number of benzene rings is 3. The van der Waals surface area contributed by atoms with Crippen LogP contribution in [0.2, 0.25) is 0 Å². The molecule has 3 aromatic carbocycles. The van der Waals surface area contributed by atoms with Crippen molar-refractivity contribution in [1.82, 2.24) is 0 Å². The molecule has 3 aromatic rings. The number of phenols is 3. The molecular weight excluding hydrogens is 516 g/mol. The summed E-state index contributed by atoms with van der Waals surface area (Å²) in [6.45, 7) is 0. The molecule has 3 nitrogen and oxygen atoms in total. The molecule has 25 heavy (non-hydrogen) atoms. The largest absolute Gasteiger partial charge is 0.507 e. The number of rotatable bonds is 3. The normalized spacial score (nSPS) is 11.0. The van der Waals surface area contributed by atoms with Crippen molar-refractivity contribution in [1.29, 1.82) is 0 Å². The second-order valence-corrected chi connectivity index (χ2v) is 8.13. The maximum atomic E-state index is 9.80. The van der Waals surface area contributed by atoms with Crippen LogP contribution in [0.25, 0.3) is 0 Å². The van der Waals surface area contributed by atoms with Crippen LogP contribution in [-0.4, -0.2) is 15.3 Å². The van der Waals surface area contributed by atoms with Crippen molar-refractivity contribution in [3.05, 3.63) is 84.7 Å². The Kier molecular flexibility index (Phi) is 5.41. The first kappa shape index (κ1) is 18.3. The lowest BCUT2D eigenvalue weighted by atomic mass is 9.85. The molecule has 0 unspecified atom stereocenters. The van der Waals surface area contributed by atoms with E-state index in [2.05, 4.69) is 47.8 Å². The molecule has 0 spiro atoms. The zero-order chi connectivity index (χ0) is 18.1. The van der Waals surface area contributed by atoms with Gasteiger partial charge in [-0.15, -0.1) is 0 Å². The lowest BCUT2D eigenvalue weighted by Crippen LogP contribution is -2.04. The Balaban J connectivity index is 2.21. The molecular formula is C19H13Br3O3. The van der Waals surface area contributed by atoms with Crippen molar-refractivity contribution in [2.45, 2.75) is 5.92 Å². The summed E-state index contributed by atoms with van der Waals surface area (Å²) in [6.07, 6.45) is 0. The Morgan fingerprint density at radius 1 is 0.520 bits per heavy atom. The fraction of sp³-hybridized carbons (Fsp3) is 0.0526. The highest BCUT2D eigenvalue weighted by molar-refractivity contribution is 9.11. The molecule has 0 saturated carbocycles.